The minimum atomic E-state index is -0.826. The Balaban J connectivity index is 1.51. The Bertz CT molecular complexity index is 929. The van der Waals surface area contributed by atoms with Crippen LogP contribution in [0.2, 0.25) is 0 Å². The molecule has 0 bridgehead atoms. The van der Waals surface area contributed by atoms with Gasteiger partial charge in [0.2, 0.25) is 11.8 Å². The van der Waals surface area contributed by atoms with E-state index in [0.717, 1.165) is 0 Å². The highest BCUT2D eigenvalue weighted by atomic mass is 19.1. The molecule has 1 aromatic heterocycles. The van der Waals surface area contributed by atoms with E-state index in [1.165, 1.54) is 24.3 Å². The lowest BCUT2D eigenvalue weighted by atomic mass is 9.99. The predicted molar refractivity (Wildman–Crippen MR) is 98.0 cm³/mol. The van der Waals surface area contributed by atoms with Crippen molar-refractivity contribution in [2.24, 2.45) is 5.92 Å². The normalized spacial score (nSPS) is 16.7. The van der Waals surface area contributed by atoms with Crippen molar-refractivity contribution in [1.29, 1.82) is 0 Å². The topological polar surface area (TPSA) is 130 Å². The first kappa shape index (κ1) is 20.2. The molecule has 2 heterocycles. The van der Waals surface area contributed by atoms with Crippen LogP contribution in [0.15, 0.2) is 34.9 Å². The van der Waals surface area contributed by atoms with Gasteiger partial charge in [0.15, 0.2) is 11.5 Å². The number of nitrogens with zero attached hydrogens (tertiary/aromatic N) is 1. The summed E-state index contributed by atoms with van der Waals surface area (Å²) in [6.07, 6.45) is 1.36. The lowest BCUT2D eigenvalue weighted by molar-refractivity contribution is -0.125. The third-order valence-electron chi connectivity index (χ3n) is 4.50. The van der Waals surface area contributed by atoms with Crippen LogP contribution in [-0.2, 0) is 14.4 Å². The second-order valence-electron chi connectivity index (χ2n) is 6.56. The van der Waals surface area contributed by atoms with Crippen LogP contribution in [0.5, 0.6) is 0 Å². The third kappa shape index (κ3) is 5.03. The highest BCUT2D eigenvalue weighted by Crippen LogP contribution is 2.23. The zero-order valence-electron chi connectivity index (χ0n) is 15.3. The molecule has 1 aliphatic rings. The number of halogens is 1. The summed E-state index contributed by atoms with van der Waals surface area (Å²) >= 11 is 0. The Kier molecular flexibility index (Phi) is 6.32. The van der Waals surface area contributed by atoms with E-state index in [1.54, 1.807) is 6.07 Å². The fourth-order valence-electron chi connectivity index (χ4n) is 3.00. The maximum atomic E-state index is 13.8. The maximum absolute atomic E-state index is 13.8. The molecule has 9 nitrogen and oxygen atoms in total. The fraction of sp³-hybridized carbons (Fsp3) is 0.316. The molecule has 0 aliphatic carbocycles. The van der Waals surface area contributed by atoms with Gasteiger partial charge in [0, 0.05) is 18.5 Å². The van der Waals surface area contributed by atoms with E-state index in [4.69, 9.17) is 4.52 Å². The molecule has 3 amide bonds. The lowest BCUT2D eigenvalue weighted by Gasteiger charge is -2.15. The molecule has 1 aromatic carbocycles. The number of hydrogen-bond acceptors (Lipinski definition) is 6. The molecule has 0 radical (unpaired) electrons. The van der Waals surface area contributed by atoms with Crippen LogP contribution in [0.25, 0.3) is 11.3 Å². The zero-order chi connectivity index (χ0) is 20.8. The van der Waals surface area contributed by atoms with E-state index >= 15 is 0 Å². The molecular formula is C19H19FN4O5. The Morgan fingerprint density at radius 2 is 2.17 bits per heavy atom. The third-order valence-corrected chi connectivity index (χ3v) is 4.50. The van der Waals surface area contributed by atoms with Crippen LogP contribution in [-0.4, -0.2) is 48.3 Å². The number of nitrogens with one attached hydrogen (secondary N) is 3. The van der Waals surface area contributed by atoms with Crippen LogP contribution >= 0.6 is 0 Å². The summed E-state index contributed by atoms with van der Waals surface area (Å²) in [5, 5.41) is 11.1. The Hall–Kier alpha value is -3.56. The van der Waals surface area contributed by atoms with Gasteiger partial charge in [-0.25, -0.2) is 4.39 Å². The average molecular weight is 402 g/mol. The summed E-state index contributed by atoms with van der Waals surface area (Å²) in [5.74, 6) is -2.20. The minimum Gasteiger partial charge on any atom is -0.356 e. The van der Waals surface area contributed by atoms with E-state index in [2.05, 4.69) is 21.1 Å². The van der Waals surface area contributed by atoms with Crippen molar-refractivity contribution in [2.75, 3.05) is 13.1 Å². The van der Waals surface area contributed by atoms with Crippen molar-refractivity contribution in [2.45, 2.75) is 18.9 Å². The largest absolute Gasteiger partial charge is 0.356 e. The molecule has 2 unspecified atom stereocenters. The van der Waals surface area contributed by atoms with Gasteiger partial charge in [-0.15, -0.1) is 0 Å². The molecule has 10 heteroatoms. The van der Waals surface area contributed by atoms with Gasteiger partial charge in [-0.3, -0.25) is 14.4 Å². The number of rotatable bonds is 8. The predicted octanol–water partition coefficient (Wildman–Crippen LogP) is 0.420. The summed E-state index contributed by atoms with van der Waals surface area (Å²) in [6.45, 7) is 0.146. The molecule has 3 rings (SSSR count). The number of carbonyl (C=O) groups is 4. The van der Waals surface area contributed by atoms with Gasteiger partial charge >= 0.3 is 0 Å². The van der Waals surface area contributed by atoms with Crippen molar-refractivity contribution in [3.05, 3.63) is 41.8 Å². The van der Waals surface area contributed by atoms with Gasteiger partial charge in [-0.1, -0.05) is 17.3 Å². The van der Waals surface area contributed by atoms with Crippen LogP contribution in [0.3, 0.4) is 0 Å². The fourth-order valence-corrected chi connectivity index (χ4v) is 3.00. The second-order valence-corrected chi connectivity index (χ2v) is 6.56. The molecule has 29 heavy (non-hydrogen) atoms. The van der Waals surface area contributed by atoms with Gasteiger partial charge < -0.3 is 25.3 Å². The number of aldehydes is 1. The molecule has 3 N–H and O–H groups in total. The van der Waals surface area contributed by atoms with Gasteiger partial charge in [-0.05, 0) is 25.0 Å². The first-order valence-electron chi connectivity index (χ1n) is 9.00. The van der Waals surface area contributed by atoms with Crippen LogP contribution in [0.4, 0.5) is 4.39 Å². The number of carbonyl (C=O) groups excluding carboxylic acids is 4. The van der Waals surface area contributed by atoms with Crippen LogP contribution < -0.4 is 16.0 Å². The van der Waals surface area contributed by atoms with Gasteiger partial charge in [-0.2, -0.15) is 0 Å². The standard InChI is InChI=1S/C19H19FN4O5/c20-14-4-2-1-3-13(14)16-8-15(24-29-16)19(28)22-9-17(26)23-12(10-25)7-11-5-6-21-18(11)27/h1-4,8,10-12H,5-7,9H2,(H,21,27)(H,22,28)(H,23,26). The molecular weight excluding hydrogens is 383 g/mol. The van der Waals surface area contributed by atoms with Crippen LogP contribution in [0, 0.1) is 11.7 Å². The van der Waals surface area contributed by atoms with Gasteiger partial charge in [0.05, 0.1) is 18.2 Å². The zero-order valence-corrected chi connectivity index (χ0v) is 15.3. The lowest BCUT2D eigenvalue weighted by Crippen LogP contribution is -2.44. The summed E-state index contributed by atoms with van der Waals surface area (Å²) in [5.41, 5.74) is 0.0344. The number of hydrogen-bond donors (Lipinski definition) is 3. The Morgan fingerprint density at radius 1 is 1.38 bits per heavy atom. The van der Waals surface area contributed by atoms with Crippen molar-refractivity contribution in [3.63, 3.8) is 0 Å². The van der Waals surface area contributed by atoms with Crippen LogP contribution in [0.1, 0.15) is 23.3 Å². The molecule has 152 valence electrons. The highest BCUT2D eigenvalue weighted by Gasteiger charge is 2.27. The van der Waals surface area contributed by atoms with Crippen molar-refractivity contribution in [1.82, 2.24) is 21.1 Å². The highest BCUT2D eigenvalue weighted by molar-refractivity contribution is 5.95. The SMILES string of the molecule is O=CC(CC1CCNC1=O)NC(=O)CNC(=O)c1cc(-c2ccccc2F)on1. The number of aromatic nitrogens is 1. The van der Waals surface area contributed by atoms with E-state index < -0.39 is 30.2 Å². The molecule has 2 aromatic rings. The second kappa shape index (κ2) is 9.09. The first-order valence-corrected chi connectivity index (χ1v) is 9.00. The minimum absolute atomic E-state index is 0.0774. The monoisotopic (exact) mass is 402 g/mol. The quantitative estimate of drug-likeness (QED) is 0.549. The summed E-state index contributed by atoms with van der Waals surface area (Å²) in [6, 6.07) is 6.30. The van der Waals surface area contributed by atoms with Crippen molar-refractivity contribution < 1.29 is 28.1 Å². The van der Waals surface area contributed by atoms with Crippen molar-refractivity contribution >= 4 is 24.0 Å². The summed E-state index contributed by atoms with van der Waals surface area (Å²) < 4.78 is 18.8. The number of benzene rings is 1. The number of amides is 3. The molecule has 1 saturated heterocycles. The van der Waals surface area contributed by atoms with E-state index in [-0.39, 0.29) is 35.3 Å². The smallest absolute Gasteiger partial charge is 0.273 e. The maximum Gasteiger partial charge on any atom is 0.273 e. The van der Waals surface area contributed by atoms with E-state index in [0.29, 0.717) is 19.3 Å². The van der Waals surface area contributed by atoms with Gasteiger partial charge in [0.1, 0.15) is 12.1 Å². The summed E-state index contributed by atoms with van der Waals surface area (Å²) in [4.78, 5) is 46.9. The Labute approximate surface area is 165 Å². The summed E-state index contributed by atoms with van der Waals surface area (Å²) in [7, 11) is 0. The van der Waals surface area contributed by atoms with E-state index in [1.807, 2.05) is 0 Å². The average Bonchev–Trinajstić information content (AvgIpc) is 3.35. The van der Waals surface area contributed by atoms with Gasteiger partial charge in [0.25, 0.3) is 5.91 Å². The molecule has 0 saturated carbocycles. The molecule has 1 fully saturated rings. The first-order chi connectivity index (χ1) is 14.0. The van der Waals surface area contributed by atoms with Crippen molar-refractivity contribution in [3.8, 4) is 11.3 Å². The molecule has 1 aliphatic heterocycles. The molecule has 0 spiro atoms. The van der Waals surface area contributed by atoms with E-state index in [9.17, 15) is 23.6 Å². The Morgan fingerprint density at radius 3 is 2.86 bits per heavy atom. The molecule has 2 atom stereocenters.